The second-order valence-electron chi connectivity index (χ2n) is 6.75. The van der Waals surface area contributed by atoms with Crippen molar-refractivity contribution in [1.29, 1.82) is 0 Å². The fraction of sp³-hybridized carbons (Fsp3) is 0.588. The largest absolute Gasteiger partial charge is 0.449 e. The summed E-state index contributed by atoms with van der Waals surface area (Å²) in [4.78, 5) is 18.3. The molecule has 0 atom stereocenters. The highest BCUT2D eigenvalue weighted by atomic mass is 79.9. The molecule has 1 saturated carbocycles. The maximum atomic E-state index is 12.2. The fourth-order valence-electron chi connectivity index (χ4n) is 3.44. The van der Waals surface area contributed by atoms with E-state index < -0.39 is 0 Å². The number of carbonyl (C=O) groups excluding carboxylic acids is 1. The molecule has 0 aromatic carbocycles. The van der Waals surface area contributed by atoms with Gasteiger partial charge < -0.3 is 9.64 Å². The summed E-state index contributed by atoms with van der Waals surface area (Å²) in [6, 6.07) is 2.28. The van der Waals surface area contributed by atoms with E-state index in [0.29, 0.717) is 18.6 Å². The van der Waals surface area contributed by atoms with Gasteiger partial charge in [-0.1, -0.05) is 6.42 Å². The van der Waals surface area contributed by atoms with E-state index >= 15 is 0 Å². The molecule has 1 saturated heterocycles. The van der Waals surface area contributed by atoms with E-state index in [1.807, 2.05) is 28.0 Å². The molecule has 0 N–H and O–H groups in total. The van der Waals surface area contributed by atoms with Crippen molar-refractivity contribution in [3.8, 4) is 0 Å². The number of carbonyl (C=O) groups is 1. The first-order chi connectivity index (χ1) is 11.7. The Bertz CT molecular complexity index is 735. The van der Waals surface area contributed by atoms with Crippen molar-refractivity contribution in [3.63, 3.8) is 0 Å². The van der Waals surface area contributed by atoms with Crippen molar-refractivity contribution in [1.82, 2.24) is 19.7 Å². The Kier molecular flexibility index (Phi) is 4.43. The number of likely N-dealkylation sites (tertiary alicyclic amines) is 1. The van der Waals surface area contributed by atoms with Crippen molar-refractivity contribution in [2.75, 3.05) is 19.7 Å². The van der Waals surface area contributed by atoms with Crippen LogP contribution >= 0.6 is 15.9 Å². The number of fused-ring (bicyclic) bond motifs is 1. The second kappa shape index (κ2) is 6.70. The molecule has 2 aromatic heterocycles. The molecule has 1 aliphatic heterocycles. The van der Waals surface area contributed by atoms with Gasteiger partial charge in [-0.05, 0) is 53.6 Å². The lowest BCUT2D eigenvalue weighted by molar-refractivity contribution is 0.0622. The van der Waals surface area contributed by atoms with Crippen molar-refractivity contribution in [2.24, 2.45) is 5.92 Å². The van der Waals surface area contributed by atoms with E-state index in [1.165, 1.54) is 19.3 Å². The summed E-state index contributed by atoms with van der Waals surface area (Å²) in [6.07, 6.45) is 9.04. The van der Waals surface area contributed by atoms with Crippen LogP contribution in [0.3, 0.4) is 0 Å². The average Bonchev–Trinajstić information content (AvgIpc) is 2.96. The molecular formula is C17H21BrN4O2. The summed E-state index contributed by atoms with van der Waals surface area (Å²) in [5.74, 6) is 0.591. The van der Waals surface area contributed by atoms with Gasteiger partial charge in [0.1, 0.15) is 4.60 Å². The molecule has 1 amide bonds. The standard InChI is InChI=1S/C17H21BrN4O2/c18-16-8-13-9-20-22(15(13)10-19-16)14-4-6-21(7-5-14)17(23)24-11-12-2-1-3-12/h8-10,12,14H,1-7,11H2. The Hall–Kier alpha value is -1.63. The van der Waals surface area contributed by atoms with Gasteiger partial charge in [0.15, 0.2) is 0 Å². The molecule has 0 radical (unpaired) electrons. The first-order valence-corrected chi connectivity index (χ1v) is 9.40. The summed E-state index contributed by atoms with van der Waals surface area (Å²) >= 11 is 3.39. The minimum atomic E-state index is -0.156. The minimum Gasteiger partial charge on any atom is -0.449 e. The molecular weight excluding hydrogens is 372 g/mol. The Balaban J connectivity index is 1.35. The van der Waals surface area contributed by atoms with E-state index in [0.717, 1.165) is 41.4 Å². The monoisotopic (exact) mass is 392 g/mol. The number of rotatable bonds is 3. The molecule has 0 unspecified atom stereocenters. The van der Waals surface area contributed by atoms with Gasteiger partial charge in [0.2, 0.25) is 0 Å². The molecule has 2 aromatic rings. The van der Waals surface area contributed by atoms with E-state index in [2.05, 4.69) is 26.0 Å². The maximum absolute atomic E-state index is 12.2. The number of piperidine rings is 1. The maximum Gasteiger partial charge on any atom is 0.409 e. The topological polar surface area (TPSA) is 60.2 Å². The predicted molar refractivity (Wildman–Crippen MR) is 93.8 cm³/mol. The first-order valence-electron chi connectivity index (χ1n) is 8.61. The fourth-order valence-corrected chi connectivity index (χ4v) is 3.79. The number of nitrogens with zero attached hydrogens (tertiary/aromatic N) is 4. The van der Waals surface area contributed by atoms with Crippen LogP contribution in [0.5, 0.6) is 0 Å². The number of hydrogen-bond acceptors (Lipinski definition) is 4. The highest BCUT2D eigenvalue weighted by molar-refractivity contribution is 9.10. The molecule has 7 heteroatoms. The third-order valence-electron chi connectivity index (χ3n) is 5.18. The van der Waals surface area contributed by atoms with E-state index in [4.69, 9.17) is 4.74 Å². The Morgan fingerprint density at radius 2 is 2.04 bits per heavy atom. The van der Waals surface area contributed by atoms with Gasteiger partial charge in [-0.25, -0.2) is 9.78 Å². The van der Waals surface area contributed by atoms with Crippen molar-refractivity contribution in [3.05, 3.63) is 23.1 Å². The zero-order valence-electron chi connectivity index (χ0n) is 13.5. The third kappa shape index (κ3) is 3.14. The molecule has 1 aliphatic carbocycles. The smallest absolute Gasteiger partial charge is 0.409 e. The van der Waals surface area contributed by atoms with Crippen LogP contribution in [0.1, 0.15) is 38.1 Å². The van der Waals surface area contributed by atoms with Crippen LogP contribution in [-0.4, -0.2) is 45.5 Å². The summed E-state index contributed by atoms with van der Waals surface area (Å²) in [5.41, 5.74) is 1.05. The highest BCUT2D eigenvalue weighted by Gasteiger charge is 2.27. The Labute approximate surface area is 149 Å². The summed E-state index contributed by atoms with van der Waals surface area (Å²) in [5, 5.41) is 5.61. The van der Waals surface area contributed by atoms with Crippen LogP contribution in [0.2, 0.25) is 0 Å². The van der Waals surface area contributed by atoms with Crippen LogP contribution in [0.4, 0.5) is 4.79 Å². The molecule has 2 fully saturated rings. The first kappa shape index (κ1) is 15.9. The number of halogens is 1. The molecule has 0 spiro atoms. The lowest BCUT2D eigenvalue weighted by atomic mass is 9.86. The highest BCUT2D eigenvalue weighted by Crippen LogP contribution is 2.28. The van der Waals surface area contributed by atoms with Gasteiger partial charge in [-0.2, -0.15) is 5.10 Å². The van der Waals surface area contributed by atoms with Crippen LogP contribution in [-0.2, 0) is 4.74 Å². The summed E-state index contributed by atoms with van der Waals surface area (Å²) < 4.78 is 8.31. The minimum absolute atomic E-state index is 0.156. The van der Waals surface area contributed by atoms with Crippen molar-refractivity contribution < 1.29 is 9.53 Å². The average molecular weight is 393 g/mol. The third-order valence-corrected chi connectivity index (χ3v) is 5.62. The Morgan fingerprint density at radius 1 is 1.25 bits per heavy atom. The van der Waals surface area contributed by atoms with Gasteiger partial charge in [0, 0.05) is 18.5 Å². The molecule has 2 aliphatic rings. The molecule has 24 heavy (non-hydrogen) atoms. The Morgan fingerprint density at radius 3 is 2.75 bits per heavy atom. The van der Waals surface area contributed by atoms with Gasteiger partial charge in [-0.15, -0.1) is 0 Å². The molecule has 128 valence electrons. The SMILES string of the molecule is O=C(OCC1CCC1)N1CCC(n2ncc3cc(Br)ncc32)CC1. The lowest BCUT2D eigenvalue weighted by Gasteiger charge is -2.32. The van der Waals surface area contributed by atoms with E-state index in [9.17, 15) is 4.79 Å². The normalized spacial score (nSPS) is 19.5. The summed E-state index contributed by atoms with van der Waals surface area (Å²) in [6.45, 7) is 2.03. The number of amides is 1. The zero-order valence-corrected chi connectivity index (χ0v) is 15.1. The lowest BCUT2D eigenvalue weighted by Crippen LogP contribution is -2.40. The second-order valence-corrected chi connectivity index (χ2v) is 7.56. The quantitative estimate of drug-likeness (QED) is 0.745. The van der Waals surface area contributed by atoms with Crippen molar-refractivity contribution >= 4 is 32.9 Å². The van der Waals surface area contributed by atoms with Gasteiger partial charge in [0.05, 0.1) is 30.6 Å². The number of hydrogen-bond donors (Lipinski definition) is 0. The molecule has 3 heterocycles. The van der Waals surface area contributed by atoms with E-state index in [1.54, 1.807) is 0 Å². The van der Waals surface area contributed by atoms with Crippen molar-refractivity contribution in [2.45, 2.75) is 38.1 Å². The van der Waals surface area contributed by atoms with Gasteiger partial charge in [0.25, 0.3) is 0 Å². The number of ether oxygens (including phenoxy) is 1. The van der Waals surface area contributed by atoms with Crippen LogP contribution in [0.15, 0.2) is 23.1 Å². The number of aromatic nitrogens is 3. The van der Waals surface area contributed by atoms with Crippen LogP contribution < -0.4 is 0 Å². The molecule has 4 rings (SSSR count). The zero-order chi connectivity index (χ0) is 16.5. The van der Waals surface area contributed by atoms with Crippen LogP contribution in [0, 0.1) is 5.92 Å². The number of pyridine rings is 1. The predicted octanol–water partition coefficient (Wildman–Crippen LogP) is 3.77. The summed E-state index contributed by atoms with van der Waals surface area (Å²) in [7, 11) is 0. The van der Waals surface area contributed by atoms with Gasteiger partial charge >= 0.3 is 6.09 Å². The van der Waals surface area contributed by atoms with E-state index in [-0.39, 0.29) is 6.09 Å². The van der Waals surface area contributed by atoms with Gasteiger partial charge in [-0.3, -0.25) is 4.68 Å². The molecule has 6 nitrogen and oxygen atoms in total. The van der Waals surface area contributed by atoms with Crippen LogP contribution in [0.25, 0.3) is 10.9 Å². The molecule has 0 bridgehead atoms.